The van der Waals surface area contributed by atoms with Gasteiger partial charge in [-0.3, -0.25) is 10.3 Å². The molecule has 2 aliphatic rings. The average molecular weight is 527 g/mol. The number of hydrogen-bond donors (Lipinski definition) is 2. The van der Waals surface area contributed by atoms with Gasteiger partial charge in [0.15, 0.2) is 6.17 Å². The minimum atomic E-state index is -0.585. The Morgan fingerprint density at radius 1 is 1.16 bits per heavy atom. The SMILES string of the molecule is CC1CCC(Cn2c(C(C)COC(C)C)nc3cc(C4NOC(=O)N4)nc(-c4cncc(Cl)c4)c32)CC1. The Bertz CT molecular complexity index is 1270. The van der Waals surface area contributed by atoms with Gasteiger partial charge >= 0.3 is 6.09 Å². The van der Waals surface area contributed by atoms with E-state index in [1.807, 2.05) is 26.0 Å². The molecule has 5 rings (SSSR count). The van der Waals surface area contributed by atoms with Gasteiger partial charge < -0.3 is 14.1 Å². The Balaban J connectivity index is 1.66. The van der Waals surface area contributed by atoms with Gasteiger partial charge in [0, 0.05) is 30.4 Å². The molecule has 2 fully saturated rings. The van der Waals surface area contributed by atoms with Crippen molar-refractivity contribution in [3.63, 3.8) is 0 Å². The van der Waals surface area contributed by atoms with Crippen LogP contribution in [0.25, 0.3) is 22.3 Å². The van der Waals surface area contributed by atoms with Crippen molar-refractivity contribution in [1.29, 1.82) is 0 Å². The van der Waals surface area contributed by atoms with Crippen LogP contribution in [0.15, 0.2) is 24.5 Å². The highest BCUT2D eigenvalue weighted by Crippen LogP contribution is 2.36. The van der Waals surface area contributed by atoms with Crippen LogP contribution in [0.1, 0.15) is 77.0 Å². The molecular weight excluding hydrogens is 492 g/mol. The molecule has 1 aliphatic carbocycles. The third-order valence-electron chi connectivity index (χ3n) is 7.28. The molecule has 1 aliphatic heterocycles. The minimum Gasteiger partial charge on any atom is -0.378 e. The molecule has 1 saturated heterocycles. The maximum absolute atomic E-state index is 11.7. The van der Waals surface area contributed by atoms with Crippen LogP contribution in [0.2, 0.25) is 5.02 Å². The number of nitrogens with one attached hydrogen (secondary N) is 2. The molecule has 9 nitrogen and oxygen atoms in total. The van der Waals surface area contributed by atoms with Crippen LogP contribution in [0.3, 0.4) is 0 Å². The summed E-state index contributed by atoms with van der Waals surface area (Å²) in [5.74, 6) is 2.41. The molecule has 37 heavy (non-hydrogen) atoms. The van der Waals surface area contributed by atoms with Gasteiger partial charge in [-0.05, 0) is 50.7 Å². The van der Waals surface area contributed by atoms with Gasteiger partial charge in [0.1, 0.15) is 5.82 Å². The number of nitrogens with zero attached hydrogens (tertiary/aromatic N) is 4. The second-order valence-corrected chi connectivity index (χ2v) is 11.2. The van der Waals surface area contributed by atoms with Crippen molar-refractivity contribution < 1.29 is 14.4 Å². The van der Waals surface area contributed by atoms with Crippen LogP contribution < -0.4 is 10.8 Å². The number of hydroxylamine groups is 1. The van der Waals surface area contributed by atoms with Crippen LogP contribution in [-0.4, -0.2) is 38.3 Å². The molecule has 0 spiro atoms. The van der Waals surface area contributed by atoms with Crippen molar-refractivity contribution in [1.82, 2.24) is 30.3 Å². The highest BCUT2D eigenvalue weighted by molar-refractivity contribution is 6.30. The summed E-state index contributed by atoms with van der Waals surface area (Å²) in [4.78, 5) is 31.1. The van der Waals surface area contributed by atoms with Crippen LogP contribution >= 0.6 is 11.6 Å². The number of rotatable bonds is 8. The monoisotopic (exact) mass is 526 g/mol. The van der Waals surface area contributed by atoms with E-state index in [0.717, 1.165) is 40.6 Å². The van der Waals surface area contributed by atoms with E-state index in [1.165, 1.54) is 25.7 Å². The largest absolute Gasteiger partial charge is 0.427 e. The zero-order chi connectivity index (χ0) is 26.1. The lowest BCUT2D eigenvalue weighted by Gasteiger charge is -2.28. The predicted molar refractivity (Wildman–Crippen MR) is 142 cm³/mol. The number of aromatic nitrogens is 4. The molecule has 198 valence electrons. The summed E-state index contributed by atoms with van der Waals surface area (Å²) in [7, 11) is 0. The van der Waals surface area contributed by atoms with Gasteiger partial charge in [-0.1, -0.05) is 38.3 Å². The van der Waals surface area contributed by atoms with E-state index in [-0.39, 0.29) is 12.0 Å². The van der Waals surface area contributed by atoms with E-state index in [0.29, 0.717) is 23.2 Å². The summed E-state index contributed by atoms with van der Waals surface area (Å²) in [6.45, 7) is 10.0. The lowest BCUT2D eigenvalue weighted by Crippen LogP contribution is -2.23. The first-order valence-electron chi connectivity index (χ1n) is 13.1. The Labute approximate surface area is 222 Å². The fourth-order valence-corrected chi connectivity index (χ4v) is 5.42. The third kappa shape index (κ3) is 5.73. The van der Waals surface area contributed by atoms with E-state index in [9.17, 15) is 4.79 Å². The van der Waals surface area contributed by atoms with Gasteiger partial charge in [0.25, 0.3) is 0 Å². The predicted octanol–water partition coefficient (Wildman–Crippen LogP) is 5.74. The number of fused-ring (bicyclic) bond motifs is 1. The van der Waals surface area contributed by atoms with Gasteiger partial charge in [0.2, 0.25) is 0 Å². The second-order valence-electron chi connectivity index (χ2n) is 10.7. The standard InChI is InChI=1S/C27H35ClN6O3/c1-15(2)36-14-17(4)26-31-21-10-22(25-32-27(35)37-33-25)30-23(19-9-20(28)12-29-11-19)24(21)34(26)13-18-7-5-16(3)6-8-18/h9-12,15-18,25,33H,5-8,13-14H2,1-4H3,(H,32,35). The summed E-state index contributed by atoms with van der Waals surface area (Å²) in [6, 6.07) is 3.78. The molecule has 2 atom stereocenters. The molecule has 0 bridgehead atoms. The van der Waals surface area contributed by atoms with E-state index in [1.54, 1.807) is 12.4 Å². The van der Waals surface area contributed by atoms with Crippen molar-refractivity contribution >= 4 is 28.7 Å². The molecule has 2 unspecified atom stereocenters. The number of ether oxygens (including phenoxy) is 1. The van der Waals surface area contributed by atoms with Crippen molar-refractivity contribution in [2.24, 2.45) is 11.8 Å². The van der Waals surface area contributed by atoms with Crippen molar-refractivity contribution in [2.75, 3.05) is 6.61 Å². The average Bonchev–Trinajstić information content (AvgIpc) is 3.47. The molecule has 2 N–H and O–H groups in total. The number of imidazole rings is 1. The maximum atomic E-state index is 11.7. The smallest absolute Gasteiger partial charge is 0.378 e. The number of hydrogen-bond acceptors (Lipinski definition) is 7. The molecule has 0 aromatic carbocycles. The number of halogens is 1. The Morgan fingerprint density at radius 3 is 2.62 bits per heavy atom. The van der Waals surface area contributed by atoms with Crippen molar-refractivity contribution in [3.05, 3.63) is 41.1 Å². The normalized spacial score (nSPS) is 22.9. The zero-order valence-electron chi connectivity index (χ0n) is 21.8. The summed E-state index contributed by atoms with van der Waals surface area (Å²) >= 11 is 6.35. The van der Waals surface area contributed by atoms with Gasteiger partial charge in [0.05, 0.1) is 40.2 Å². The molecule has 4 heterocycles. The first kappa shape index (κ1) is 25.9. The first-order valence-corrected chi connectivity index (χ1v) is 13.5. The Kier molecular flexibility index (Phi) is 7.65. The molecule has 3 aromatic heterocycles. The van der Waals surface area contributed by atoms with E-state index >= 15 is 0 Å². The lowest BCUT2D eigenvalue weighted by molar-refractivity contribution is 0.0681. The summed E-state index contributed by atoms with van der Waals surface area (Å²) in [5, 5.41) is 3.27. The summed E-state index contributed by atoms with van der Waals surface area (Å²) in [6.07, 6.45) is 7.28. The lowest BCUT2D eigenvalue weighted by atomic mass is 9.83. The third-order valence-corrected chi connectivity index (χ3v) is 7.48. The summed E-state index contributed by atoms with van der Waals surface area (Å²) < 4.78 is 8.33. The molecule has 1 saturated carbocycles. The first-order chi connectivity index (χ1) is 17.8. The molecule has 1 amide bonds. The number of carbonyl (C=O) groups is 1. The Hall–Kier alpha value is -2.75. The molecular formula is C27H35ClN6O3. The highest BCUT2D eigenvalue weighted by Gasteiger charge is 2.29. The number of amides is 1. The topological polar surface area (TPSA) is 103 Å². The molecule has 0 radical (unpaired) electrons. The van der Waals surface area contributed by atoms with Crippen LogP contribution in [0.4, 0.5) is 4.79 Å². The van der Waals surface area contributed by atoms with Gasteiger partial charge in [-0.2, -0.15) is 0 Å². The second kappa shape index (κ2) is 10.9. The van der Waals surface area contributed by atoms with Crippen molar-refractivity contribution in [3.8, 4) is 11.3 Å². The van der Waals surface area contributed by atoms with Gasteiger partial charge in [-0.15, -0.1) is 5.48 Å². The number of pyridine rings is 2. The van der Waals surface area contributed by atoms with Crippen LogP contribution in [-0.2, 0) is 16.1 Å². The highest BCUT2D eigenvalue weighted by atomic mass is 35.5. The van der Waals surface area contributed by atoms with E-state index < -0.39 is 12.3 Å². The molecule has 10 heteroatoms. The van der Waals surface area contributed by atoms with Crippen LogP contribution in [0, 0.1) is 11.8 Å². The Morgan fingerprint density at radius 2 is 1.95 bits per heavy atom. The quantitative estimate of drug-likeness (QED) is 0.385. The van der Waals surface area contributed by atoms with E-state index in [2.05, 4.69) is 34.2 Å². The van der Waals surface area contributed by atoms with E-state index in [4.69, 9.17) is 31.1 Å². The van der Waals surface area contributed by atoms with Crippen molar-refractivity contribution in [2.45, 2.75) is 78.1 Å². The minimum absolute atomic E-state index is 0.0822. The van der Waals surface area contributed by atoms with Gasteiger partial charge in [-0.25, -0.2) is 14.8 Å². The number of carbonyl (C=O) groups excluding carboxylic acids is 1. The van der Waals surface area contributed by atoms with Crippen LogP contribution in [0.5, 0.6) is 0 Å². The maximum Gasteiger partial charge on any atom is 0.427 e. The summed E-state index contributed by atoms with van der Waals surface area (Å²) in [5.41, 5.74) is 6.57. The fraction of sp³-hybridized carbons (Fsp3) is 0.556. The fourth-order valence-electron chi connectivity index (χ4n) is 5.25. The zero-order valence-corrected chi connectivity index (χ0v) is 22.6. The molecule has 3 aromatic rings.